The predicted octanol–water partition coefficient (Wildman–Crippen LogP) is 2.74. The largest absolute Gasteiger partial charge is 0.411 e. The van der Waals surface area contributed by atoms with Gasteiger partial charge in [-0.1, -0.05) is 30.0 Å². The van der Waals surface area contributed by atoms with Crippen molar-refractivity contribution in [1.29, 1.82) is 0 Å². The smallest absolute Gasteiger partial charge is 0.276 e. The number of benzene rings is 1. The number of hydrogen-bond acceptors (Lipinski definition) is 6. The monoisotopic (exact) mass is 371 g/mol. The minimum Gasteiger partial charge on any atom is -0.411 e. The highest BCUT2D eigenvalue weighted by Crippen LogP contribution is 2.22. The van der Waals surface area contributed by atoms with E-state index in [1.165, 1.54) is 0 Å². The first kappa shape index (κ1) is 16.5. The van der Waals surface area contributed by atoms with Crippen LogP contribution in [0.1, 0.15) is 0 Å². The Morgan fingerprint density at radius 1 is 1.10 bits per heavy atom. The summed E-state index contributed by atoms with van der Waals surface area (Å²) in [5, 5.41) is 8.80. The van der Waals surface area contributed by atoms with E-state index >= 15 is 0 Å². The summed E-state index contributed by atoms with van der Waals surface area (Å²) < 4.78 is 11.0. The zero-order chi connectivity index (χ0) is 13.6. The summed E-state index contributed by atoms with van der Waals surface area (Å²) in [7, 11) is 0. The van der Waals surface area contributed by atoms with Crippen molar-refractivity contribution in [1.82, 2.24) is 15.1 Å². The van der Waals surface area contributed by atoms with E-state index in [0.29, 0.717) is 11.1 Å². The number of halogens is 1. The maximum Gasteiger partial charge on any atom is 0.276 e. The third kappa shape index (κ3) is 4.81. The van der Waals surface area contributed by atoms with Crippen molar-refractivity contribution in [2.75, 3.05) is 38.6 Å². The first-order chi connectivity index (χ1) is 9.92. The van der Waals surface area contributed by atoms with Gasteiger partial charge in [0.1, 0.15) is 0 Å². The van der Waals surface area contributed by atoms with Gasteiger partial charge in [-0.2, -0.15) is 0 Å². The van der Waals surface area contributed by atoms with Crippen molar-refractivity contribution in [2.24, 2.45) is 0 Å². The molecule has 0 aliphatic carbocycles. The molecule has 3 rings (SSSR count). The van der Waals surface area contributed by atoms with E-state index < -0.39 is 0 Å². The lowest BCUT2D eigenvalue weighted by Crippen LogP contribution is -2.37. The fourth-order valence-corrected chi connectivity index (χ4v) is 2.81. The van der Waals surface area contributed by atoms with Gasteiger partial charge in [-0.25, -0.2) is 0 Å². The molecule has 0 bridgehead atoms. The molecule has 0 atom stereocenters. The van der Waals surface area contributed by atoms with Crippen molar-refractivity contribution >= 4 is 28.7 Å². The van der Waals surface area contributed by atoms with Gasteiger partial charge in [-0.05, 0) is 12.1 Å². The van der Waals surface area contributed by atoms with E-state index in [2.05, 4.69) is 15.1 Å². The number of morpholine rings is 1. The molecule has 1 aromatic heterocycles. The summed E-state index contributed by atoms with van der Waals surface area (Å²) in [5.41, 5.74) is 0.958. The number of rotatable bonds is 5. The fraction of sp³-hybridized carbons (Fsp3) is 0.429. The molecule has 114 valence electrons. The average molecular weight is 372 g/mol. The van der Waals surface area contributed by atoms with Crippen molar-refractivity contribution in [2.45, 2.75) is 5.22 Å². The molecule has 0 N–H and O–H groups in total. The predicted molar refractivity (Wildman–Crippen MR) is 88.0 cm³/mol. The second-order valence-electron chi connectivity index (χ2n) is 4.54. The van der Waals surface area contributed by atoms with E-state index in [9.17, 15) is 0 Å². The molecular weight excluding hydrogens is 354 g/mol. The second-order valence-corrected chi connectivity index (χ2v) is 5.59. The molecule has 5 nitrogen and oxygen atoms in total. The first-order valence-electron chi connectivity index (χ1n) is 6.73. The van der Waals surface area contributed by atoms with Crippen molar-refractivity contribution in [3.63, 3.8) is 0 Å². The lowest BCUT2D eigenvalue weighted by molar-refractivity contribution is 0.0410. The van der Waals surface area contributed by atoms with E-state index in [0.717, 1.165) is 44.2 Å². The van der Waals surface area contributed by atoms with Crippen LogP contribution >= 0.6 is 28.7 Å². The molecule has 1 aliphatic rings. The Balaban J connectivity index is 0.00000161. The summed E-state index contributed by atoms with van der Waals surface area (Å²) >= 11 is 1.61. The maximum atomic E-state index is 5.66. The first-order valence-corrected chi connectivity index (χ1v) is 7.72. The summed E-state index contributed by atoms with van der Waals surface area (Å²) in [6.07, 6.45) is 0. The molecule has 2 heterocycles. The minimum absolute atomic E-state index is 0. The normalized spacial score (nSPS) is 15.6. The van der Waals surface area contributed by atoms with Crippen LogP contribution in [0.3, 0.4) is 0 Å². The number of thioether (sulfide) groups is 1. The van der Waals surface area contributed by atoms with E-state index in [4.69, 9.17) is 9.15 Å². The van der Waals surface area contributed by atoms with E-state index in [1.54, 1.807) is 11.8 Å². The average Bonchev–Trinajstić information content (AvgIpc) is 2.98. The summed E-state index contributed by atoms with van der Waals surface area (Å²) in [4.78, 5) is 2.39. The van der Waals surface area contributed by atoms with Crippen LogP contribution in [0.2, 0.25) is 0 Å². The van der Waals surface area contributed by atoms with Gasteiger partial charge in [-0.3, -0.25) is 4.90 Å². The molecule has 2 aromatic rings. The number of aromatic nitrogens is 2. The highest BCUT2D eigenvalue weighted by Gasteiger charge is 2.12. The molecule has 1 fully saturated rings. The number of ether oxygens (including phenoxy) is 1. The van der Waals surface area contributed by atoms with Gasteiger partial charge in [0.25, 0.3) is 5.22 Å². The van der Waals surface area contributed by atoms with Gasteiger partial charge in [0.2, 0.25) is 5.89 Å². The van der Waals surface area contributed by atoms with Gasteiger partial charge in [0, 0.05) is 31.0 Å². The lowest BCUT2D eigenvalue weighted by atomic mass is 10.2. The van der Waals surface area contributed by atoms with Crippen LogP contribution in [0.25, 0.3) is 11.5 Å². The van der Waals surface area contributed by atoms with E-state index in [-0.39, 0.29) is 17.0 Å². The van der Waals surface area contributed by atoms with Crippen LogP contribution < -0.4 is 0 Å². The summed E-state index contributed by atoms with van der Waals surface area (Å²) in [5.74, 6) is 1.54. The molecule has 21 heavy (non-hydrogen) atoms. The third-order valence-electron chi connectivity index (χ3n) is 3.16. The highest BCUT2D eigenvalue weighted by atomic mass is 79.9. The molecule has 0 amide bonds. The van der Waals surface area contributed by atoms with Gasteiger partial charge >= 0.3 is 0 Å². The summed E-state index contributed by atoms with van der Waals surface area (Å²) in [6, 6.07) is 9.83. The molecular formula is C14H18BrN3O2S. The summed E-state index contributed by atoms with van der Waals surface area (Å²) in [6.45, 7) is 4.73. The Labute approximate surface area is 138 Å². The van der Waals surface area contributed by atoms with Gasteiger partial charge in [0.05, 0.1) is 13.2 Å². The van der Waals surface area contributed by atoms with Crippen LogP contribution in [0, 0.1) is 0 Å². The van der Waals surface area contributed by atoms with Crippen LogP contribution in [0.4, 0.5) is 0 Å². The van der Waals surface area contributed by atoms with Crippen molar-refractivity contribution < 1.29 is 9.15 Å². The quantitative estimate of drug-likeness (QED) is 0.753. The Hall–Kier alpha value is -0.890. The fourth-order valence-electron chi connectivity index (χ4n) is 2.05. The van der Waals surface area contributed by atoms with Crippen LogP contribution in [0.15, 0.2) is 40.0 Å². The van der Waals surface area contributed by atoms with Crippen LogP contribution in [-0.2, 0) is 4.74 Å². The molecule has 0 saturated carbocycles. The zero-order valence-corrected chi connectivity index (χ0v) is 14.1. The third-order valence-corrected chi connectivity index (χ3v) is 3.96. The SMILES string of the molecule is Br.c1ccc(-c2nnc(SCCN3CCOCC3)o2)cc1. The van der Waals surface area contributed by atoms with Crippen molar-refractivity contribution in [3.8, 4) is 11.5 Å². The highest BCUT2D eigenvalue weighted by molar-refractivity contribution is 8.93. The molecule has 1 saturated heterocycles. The molecule has 1 aliphatic heterocycles. The van der Waals surface area contributed by atoms with E-state index in [1.807, 2.05) is 30.3 Å². The zero-order valence-electron chi connectivity index (χ0n) is 11.6. The molecule has 7 heteroatoms. The Kier molecular flexibility index (Phi) is 6.69. The van der Waals surface area contributed by atoms with Crippen LogP contribution in [0.5, 0.6) is 0 Å². The lowest BCUT2D eigenvalue weighted by Gasteiger charge is -2.25. The Morgan fingerprint density at radius 3 is 2.62 bits per heavy atom. The molecule has 0 unspecified atom stereocenters. The standard InChI is InChI=1S/C14H17N3O2S.BrH/c1-2-4-12(5-3-1)13-15-16-14(19-13)20-11-8-17-6-9-18-10-7-17;/h1-5H,6-11H2;1H. The molecule has 1 aromatic carbocycles. The van der Waals surface area contributed by atoms with Gasteiger partial charge in [0.15, 0.2) is 0 Å². The Bertz CT molecular complexity index is 532. The van der Waals surface area contributed by atoms with Gasteiger partial charge < -0.3 is 9.15 Å². The topological polar surface area (TPSA) is 51.4 Å². The minimum atomic E-state index is 0. The van der Waals surface area contributed by atoms with Gasteiger partial charge in [-0.15, -0.1) is 27.2 Å². The maximum absolute atomic E-state index is 5.66. The van der Waals surface area contributed by atoms with Crippen molar-refractivity contribution in [3.05, 3.63) is 30.3 Å². The second kappa shape index (κ2) is 8.53. The molecule has 0 spiro atoms. The van der Waals surface area contributed by atoms with Crippen LogP contribution in [-0.4, -0.2) is 53.7 Å². The Morgan fingerprint density at radius 2 is 1.86 bits per heavy atom. The number of nitrogens with zero attached hydrogens (tertiary/aromatic N) is 3. The molecule has 0 radical (unpaired) electrons. The number of hydrogen-bond donors (Lipinski definition) is 0.